The highest BCUT2D eigenvalue weighted by Gasteiger charge is 2.09. The van der Waals surface area contributed by atoms with E-state index in [1.165, 1.54) is 135 Å². The maximum atomic E-state index is 11.1. The third kappa shape index (κ3) is 35.6. The largest absolute Gasteiger partial charge is 0.480 e. The molecule has 0 aromatic heterocycles. The number of hydrogen-bond donors (Lipinski definition) is 2. The Hall–Kier alpha value is -0.360. The summed E-state index contributed by atoms with van der Waals surface area (Å²) >= 11 is 5.56. The maximum absolute atomic E-state index is 11.1. The average molecular weight is 577 g/mol. The van der Waals surface area contributed by atoms with Gasteiger partial charge in [-0.1, -0.05) is 142 Å². The highest BCUT2D eigenvalue weighted by molar-refractivity contribution is 8.00. The minimum Gasteiger partial charge on any atom is -0.480 e. The van der Waals surface area contributed by atoms with Crippen LogP contribution in [-0.2, 0) is 14.3 Å². The summed E-state index contributed by atoms with van der Waals surface area (Å²) in [4.78, 5) is 21.7. The molecular weight excluding hydrogens is 512 g/mol. The molecule has 0 saturated carbocycles. The number of rotatable bonds is 28. The predicted octanol–water partition coefficient (Wildman–Crippen LogP) is 10.7. The molecule has 1 unspecified atom stereocenters. The molecule has 0 aliphatic carbocycles. The molecule has 0 amide bonds. The van der Waals surface area contributed by atoms with Crippen molar-refractivity contribution >= 4 is 36.3 Å². The highest BCUT2D eigenvalue weighted by atomic mass is 32.2. The van der Waals surface area contributed by atoms with Gasteiger partial charge in [-0.3, -0.25) is 9.59 Å². The number of aliphatic carboxylic acids is 1. The van der Waals surface area contributed by atoms with Crippen LogP contribution >= 0.6 is 24.4 Å². The molecular formula is C32H64O4S2. The zero-order chi connectivity index (χ0) is 28.5. The Morgan fingerprint density at radius 3 is 1.39 bits per heavy atom. The third-order valence-corrected chi connectivity index (χ3v) is 8.24. The number of carbonyl (C=O) groups is 2. The molecule has 1 atom stereocenters. The lowest BCUT2D eigenvalue weighted by atomic mass is 10.1. The van der Waals surface area contributed by atoms with Crippen LogP contribution in [0.1, 0.15) is 168 Å². The van der Waals surface area contributed by atoms with E-state index in [1.807, 2.05) is 0 Å². The summed E-state index contributed by atoms with van der Waals surface area (Å²) in [6.45, 7) is 6.88. The van der Waals surface area contributed by atoms with Gasteiger partial charge in [-0.25, -0.2) is 0 Å². The fourth-order valence-corrected chi connectivity index (χ4v) is 5.26. The van der Waals surface area contributed by atoms with Crippen LogP contribution in [-0.4, -0.2) is 40.4 Å². The molecule has 4 nitrogen and oxygen atoms in total. The predicted molar refractivity (Wildman–Crippen MR) is 172 cm³/mol. The monoisotopic (exact) mass is 576 g/mol. The summed E-state index contributed by atoms with van der Waals surface area (Å²) in [6, 6.07) is 0. The van der Waals surface area contributed by atoms with Crippen molar-refractivity contribution in [3.63, 3.8) is 0 Å². The first-order valence-electron chi connectivity index (χ1n) is 16.1. The molecule has 0 heterocycles. The molecule has 0 radical (unpaired) electrons. The van der Waals surface area contributed by atoms with E-state index in [4.69, 9.17) is 9.84 Å². The number of carboxylic acids is 1. The van der Waals surface area contributed by atoms with Crippen LogP contribution < -0.4 is 0 Å². The topological polar surface area (TPSA) is 63.6 Å². The number of carbonyl (C=O) groups excluding carboxylic acids is 1. The van der Waals surface area contributed by atoms with Crippen molar-refractivity contribution in [1.29, 1.82) is 0 Å². The zero-order valence-corrected chi connectivity index (χ0v) is 27.2. The van der Waals surface area contributed by atoms with Gasteiger partial charge in [0.2, 0.25) is 0 Å². The normalized spacial score (nSPS) is 11.6. The molecule has 1 N–H and O–H groups in total. The Balaban J connectivity index is 0. The number of thioether (sulfide) groups is 1. The summed E-state index contributed by atoms with van der Waals surface area (Å²) in [5, 5.41) is 8.49. The Kier molecular flexibility index (Phi) is 36.3. The molecule has 0 spiro atoms. The summed E-state index contributed by atoms with van der Waals surface area (Å²) in [5.41, 5.74) is 0. The highest BCUT2D eigenvalue weighted by Crippen LogP contribution is 2.16. The second-order valence-corrected chi connectivity index (χ2v) is 12.5. The summed E-state index contributed by atoms with van der Waals surface area (Å²) in [6.07, 6.45) is 29.8. The standard InChI is InChI=1S/2C16H32O2S/c1-3-4-5-6-7-8-9-10-11-12-13-14-19-15(2)16(17)18;1-2-3-4-5-6-7-8-9-10-11-12-14-18-16(17)13-15-19/h15H,3-14H2,1-2H3,(H,17,18);19H,2-15H2,1H3. The Labute approximate surface area is 247 Å². The second kappa shape index (κ2) is 34.7. The van der Waals surface area contributed by atoms with Crippen molar-refractivity contribution < 1.29 is 19.4 Å². The van der Waals surface area contributed by atoms with Gasteiger partial charge in [0.1, 0.15) is 0 Å². The maximum Gasteiger partial charge on any atom is 0.316 e. The molecule has 6 heteroatoms. The summed E-state index contributed by atoms with van der Waals surface area (Å²) in [5.74, 6) is 0.775. The first kappa shape index (κ1) is 39.8. The Bertz CT molecular complexity index is 488. The second-order valence-electron chi connectivity index (χ2n) is 10.6. The van der Waals surface area contributed by atoms with Crippen molar-refractivity contribution in [2.75, 3.05) is 18.1 Å². The van der Waals surface area contributed by atoms with Gasteiger partial charge in [0.15, 0.2) is 0 Å². The van der Waals surface area contributed by atoms with Crippen molar-refractivity contribution in [1.82, 2.24) is 0 Å². The van der Waals surface area contributed by atoms with E-state index in [2.05, 4.69) is 26.5 Å². The van der Waals surface area contributed by atoms with Gasteiger partial charge in [-0.05, 0) is 25.5 Å². The molecule has 0 fully saturated rings. The molecule has 0 aliphatic heterocycles. The van der Waals surface area contributed by atoms with E-state index >= 15 is 0 Å². The van der Waals surface area contributed by atoms with Crippen molar-refractivity contribution in [3.8, 4) is 0 Å². The van der Waals surface area contributed by atoms with Crippen molar-refractivity contribution in [2.24, 2.45) is 0 Å². The molecule has 228 valence electrons. The summed E-state index contributed by atoms with van der Waals surface area (Å²) in [7, 11) is 0. The Morgan fingerprint density at radius 1 is 0.658 bits per heavy atom. The molecule has 0 bridgehead atoms. The molecule has 0 rings (SSSR count). The van der Waals surface area contributed by atoms with E-state index in [9.17, 15) is 9.59 Å². The van der Waals surface area contributed by atoms with E-state index in [0.717, 1.165) is 12.2 Å². The number of esters is 1. The van der Waals surface area contributed by atoms with Crippen molar-refractivity contribution in [2.45, 2.75) is 174 Å². The van der Waals surface area contributed by atoms with Crippen LogP contribution in [0.15, 0.2) is 0 Å². The van der Waals surface area contributed by atoms with Gasteiger partial charge >= 0.3 is 11.9 Å². The van der Waals surface area contributed by atoms with Crippen LogP contribution in [0.4, 0.5) is 0 Å². The molecule has 0 aromatic carbocycles. The van der Waals surface area contributed by atoms with E-state index < -0.39 is 5.97 Å². The van der Waals surface area contributed by atoms with Gasteiger partial charge in [-0.2, -0.15) is 12.6 Å². The smallest absolute Gasteiger partial charge is 0.316 e. The fraction of sp³-hybridized carbons (Fsp3) is 0.938. The van der Waals surface area contributed by atoms with Crippen molar-refractivity contribution in [3.05, 3.63) is 0 Å². The van der Waals surface area contributed by atoms with Gasteiger partial charge in [0, 0.05) is 5.75 Å². The minimum absolute atomic E-state index is 0.109. The lowest BCUT2D eigenvalue weighted by Gasteiger charge is -2.05. The lowest BCUT2D eigenvalue weighted by molar-refractivity contribution is -0.143. The van der Waals surface area contributed by atoms with Gasteiger partial charge in [0.25, 0.3) is 0 Å². The zero-order valence-electron chi connectivity index (χ0n) is 25.5. The SMILES string of the molecule is CCCCCCCCCCCCCOC(=O)CCS.CCCCCCCCCCCCCSC(C)C(=O)O. The van der Waals surface area contributed by atoms with E-state index in [1.54, 1.807) is 18.7 Å². The fourth-order valence-electron chi connectivity index (χ4n) is 4.21. The Morgan fingerprint density at radius 2 is 1.03 bits per heavy atom. The van der Waals surface area contributed by atoms with Crippen LogP contribution in [0.25, 0.3) is 0 Å². The number of hydrogen-bond acceptors (Lipinski definition) is 5. The minimum atomic E-state index is -0.687. The van der Waals surface area contributed by atoms with Gasteiger partial charge in [-0.15, -0.1) is 11.8 Å². The molecule has 0 aliphatic rings. The molecule has 0 saturated heterocycles. The number of carboxylic acid groups (broad SMARTS) is 1. The first-order valence-corrected chi connectivity index (χ1v) is 17.8. The average Bonchev–Trinajstić information content (AvgIpc) is 2.90. The van der Waals surface area contributed by atoms with E-state index in [-0.39, 0.29) is 11.2 Å². The van der Waals surface area contributed by atoms with Crippen LogP contribution in [0, 0.1) is 0 Å². The van der Waals surface area contributed by atoms with Crippen LogP contribution in [0.5, 0.6) is 0 Å². The van der Waals surface area contributed by atoms with Gasteiger partial charge in [0.05, 0.1) is 18.3 Å². The number of thiol groups is 1. The quantitative estimate of drug-likeness (QED) is 0.0551. The lowest BCUT2D eigenvalue weighted by Crippen LogP contribution is -2.11. The molecule has 38 heavy (non-hydrogen) atoms. The van der Waals surface area contributed by atoms with E-state index in [0.29, 0.717) is 18.8 Å². The third-order valence-electron chi connectivity index (χ3n) is 6.79. The van der Waals surface area contributed by atoms with Crippen LogP contribution in [0.3, 0.4) is 0 Å². The number of ether oxygens (including phenoxy) is 1. The molecule has 0 aromatic rings. The van der Waals surface area contributed by atoms with Gasteiger partial charge < -0.3 is 9.84 Å². The first-order chi connectivity index (χ1) is 18.5. The number of unbranched alkanes of at least 4 members (excludes halogenated alkanes) is 20. The summed E-state index contributed by atoms with van der Waals surface area (Å²) < 4.78 is 5.08. The van der Waals surface area contributed by atoms with Crippen LogP contribution in [0.2, 0.25) is 0 Å².